The number of aliphatic hydroxyl groups is 1. The predicted octanol–water partition coefficient (Wildman–Crippen LogP) is 4.56. The molecule has 5 rings (SSSR count). The van der Waals surface area contributed by atoms with Gasteiger partial charge in [-0.05, 0) is 60.3 Å². The monoisotopic (exact) mass is 377 g/mol. The summed E-state index contributed by atoms with van der Waals surface area (Å²) in [4.78, 5) is 14.9. The molecule has 2 aliphatic carbocycles. The molecule has 146 valence electrons. The van der Waals surface area contributed by atoms with E-state index in [0.29, 0.717) is 18.9 Å². The Balaban J connectivity index is 1.33. The van der Waals surface area contributed by atoms with Gasteiger partial charge in [0.15, 0.2) is 0 Å². The van der Waals surface area contributed by atoms with Crippen molar-refractivity contribution in [3.8, 4) is 11.1 Å². The van der Waals surface area contributed by atoms with Crippen LogP contribution in [0.3, 0.4) is 0 Å². The van der Waals surface area contributed by atoms with E-state index in [2.05, 4.69) is 48.5 Å². The lowest BCUT2D eigenvalue weighted by Crippen LogP contribution is -2.52. The van der Waals surface area contributed by atoms with Crippen LogP contribution in [0.5, 0.6) is 0 Å². The molecule has 1 amide bonds. The lowest BCUT2D eigenvalue weighted by Gasteiger charge is -2.44. The van der Waals surface area contributed by atoms with Crippen LogP contribution in [0, 0.1) is 5.92 Å². The van der Waals surface area contributed by atoms with E-state index in [9.17, 15) is 9.90 Å². The first-order valence-corrected chi connectivity index (χ1v) is 10.5. The SMILES string of the molecule is O=C(OCC1c2ccccc2-c2ccccc21)N1CCC[C@@H]2CC[C@@H](O)C[C@H]21. The van der Waals surface area contributed by atoms with Crippen LogP contribution in [0.15, 0.2) is 48.5 Å². The minimum atomic E-state index is -0.289. The van der Waals surface area contributed by atoms with Crippen molar-refractivity contribution in [2.75, 3.05) is 13.2 Å². The first-order chi connectivity index (χ1) is 13.7. The Morgan fingerprint density at radius 2 is 1.68 bits per heavy atom. The summed E-state index contributed by atoms with van der Waals surface area (Å²) in [6, 6.07) is 16.9. The Bertz CT molecular complexity index is 834. The highest BCUT2D eigenvalue weighted by Gasteiger charge is 2.39. The van der Waals surface area contributed by atoms with Gasteiger partial charge < -0.3 is 14.7 Å². The standard InChI is InChI=1S/C24H27NO3/c26-17-12-11-16-6-5-13-25(23(16)14-17)24(27)28-15-22-20-9-3-1-7-18(20)19-8-2-4-10-21(19)22/h1-4,7-10,16-17,22-23,26H,5-6,11-15H2/t16-,17-,23-/m1/s1. The number of benzene rings is 2. The number of carbonyl (C=O) groups is 1. The molecule has 1 saturated carbocycles. The van der Waals surface area contributed by atoms with Crippen molar-refractivity contribution in [1.82, 2.24) is 4.90 Å². The molecule has 0 radical (unpaired) electrons. The summed E-state index contributed by atoms with van der Waals surface area (Å²) in [5.41, 5.74) is 4.96. The number of rotatable bonds is 2. The third kappa shape index (κ3) is 3.00. The summed E-state index contributed by atoms with van der Waals surface area (Å²) >= 11 is 0. The van der Waals surface area contributed by atoms with Crippen LogP contribution in [0.25, 0.3) is 11.1 Å². The van der Waals surface area contributed by atoms with Gasteiger partial charge in [-0.2, -0.15) is 0 Å². The number of ether oxygens (including phenoxy) is 1. The number of fused-ring (bicyclic) bond motifs is 4. The number of aliphatic hydroxyl groups excluding tert-OH is 1. The summed E-state index contributed by atoms with van der Waals surface area (Å²) in [6.07, 6.45) is 4.24. The molecule has 0 spiro atoms. The number of nitrogens with zero attached hydrogens (tertiary/aromatic N) is 1. The second-order valence-electron chi connectivity index (χ2n) is 8.43. The molecule has 4 nitrogen and oxygen atoms in total. The van der Waals surface area contributed by atoms with E-state index >= 15 is 0 Å². The quantitative estimate of drug-likeness (QED) is 0.835. The zero-order chi connectivity index (χ0) is 19.1. The van der Waals surface area contributed by atoms with E-state index in [-0.39, 0.29) is 24.2 Å². The number of likely N-dealkylation sites (tertiary alicyclic amines) is 1. The van der Waals surface area contributed by atoms with Gasteiger partial charge in [0.1, 0.15) is 6.61 Å². The molecule has 0 bridgehead atoms. The van der Waals surface area contributed by atoms with Gasteiger partial charge in [0.25, 0.3) is 0 Å². The average Bonchev–Trinajstić information content (AvgIpc) is 3.05. The Kier molecular flexibility index (Phi) is 4.59. The number of hydrogen-bond donors (Lipinski definition) is 1. The number of hydrogen-bond acceptors (Lipinski definition) is 3. The van der Waals surface area contributed by atoms with Crippen LogP contribution in [-0.4, -0.2) is 41.4 Å². The molecule has 28 heavy (non-hydrogen) atoms. The van der Waals surface area contributed by atoms with E-state index in [4.69, 9.17) is 4.74 Å². The van der Waals surface area contributed by atoms with Crippen molar-refractivity contribution in [2.45, 2.75) is 50.2 Å². The van der Waals surface area contributed by atoms with E-state index < -0.39 is 0 Å². The van der Waals surface area contributed by atoms with Crippen LogP contribution in [0.4, 0.5) is 4.79 Å². The van der Waals surface area contributed by atoms with Gasteiger partial charge >= 0.3 is 6.09 Å². The highest BCUT2D eigenvalue weighted by Crippen LogP contribution is 2.44. The summed E-state index contributed by atoms with van der Waals surface area (Å²) in [5, 5.41) is 10.1. The van der Waals surface area contributed by atoms with Crippen LogP contribution in [-0.2, 0) is 4.74 Å². The second kappa shape index (κ2) is 7.25. The normalized spacial score (nSPS) is 26.3. The third-order valence-corrected chi connectivity index (χ3v) is 6.87. The lowest BCUT2D eigenvalue weighted by atomic mass is 9.77. The van der Waals surface area contributed by atoms with Gasteiger partial charge in [-0.1, -0.05) is 48.5 Å². The summed E-state index contributed by atoms with van der Waals surface area (Å²) in [7, 11) is 0. The topological polar surface area (TPSA) is 49.8 Å². The largest absolute Gasteiger partial charge is 0.448 e. The number of amides is 1. The van der Waals surface area contributed by atoms with Gasteiger partial charge in [0.05, 0.1) is 6.10 Å². The molecule has 1 saturated heterocycles. The molecule has 4 heteroatoms. The fraction of sp³-hybridized carbons (Fsp3) is 0.458. The van der Waals surface area contributed by atoms with Gasteiger partial charge in [0.2, 0.25) is 0 Å². The molecule has 3 atom stereocenters. The fourth-order valence-electron chi connectivity index (χ4n) is 5.50. The molecular weight excluding hydrogens is 350 g/mol. The zero-order valence-electron chi connectivity index (χ0n) is 16.1. The number of carbonyl (C=O) groups excluding carboxylic acids is 1. The maximum atomic E-state index is 13.0. The zero-order valence-corrected chi connectivity index (χ0v) is 16.1. The molecule has 2 aromatic rings. The van der Waals surface area contributed by atoms with Crippen molar-refractivity contribution < 1.29 is 14.6 Å². The maximum absolute atomic E-state index is 13.0. The van der Waals surface area contributed by atoms with Crippen LogP contribution >= 0.6 is 0 Å². The Hall–Kier alpha value is -2.33. The van der Waals surface area contributed by atoms with Crippen LogP contribution in [0.1, 0.15) is 49.1 Å². The Morgan fingerprint density at radius 3 is 2.39 bits per heavy atom. The molecule has 0 aromatic heterocycles. The van der Waals surface area contributed by atoms with Gasteiger partial charge in [-0.3, -0.25) is 0 Å². The third-order valence-electron chi connectivity index (χ3n) is 6.87. The van der Waals surface area contributed by atoms with Crippen molar-refractivity contribution in [2.24, 2.45) is 5.92 Å². The van der Waals surface area contributed by atoms with Crippen LogP contribution in [0.2, 0.25) is 0 Å². The predicted molar refractivity (Wildman–Crippen MR) is 108 cm³/mol. The van der Waals surface area contributed by atoms with Crippen molar-refractivity contribution in [3.05, 3.63) is 59.7 Å². The summed E-state index contributed by atoms with van der Waals surface area (Å²) in [5.74, 6) is 0.603. The van der Waals surface area contributed by atoms with Gasteiger partial charge in [0, 0.05) is 18.5 Å². The fourth-order valence-corrected chi connectivity index (χ4v) is 5.50. The van der Waals surface area contributed by atoms with Crippen molar-refractivity contribution in [3.63, 3.8) is 0 Å². The van der Waals surface area contributed by atoms with Crippen molar-refractivity contribution in [1.29, 1.82) is 0 Å². The Morgan fingerprint density at radius 1 is 1.00 bits per heavy atom. The molecule has 1 aliphatic heterocycles. The molecule has 2 aromatic carbocycles. The molecule has 3 aliphatic rings. The lowest BCUT2D eigenvalue weighted by molar-refractivity contribution is -0.00112. The van der Waals surface area contributed by atoms with E-state index in [0.717, 1.165) is 32.2 Å². The average molecular weight is 377 g/mol. The highest BCUT2D eigenvalue weighted by molar-refractivity contribution is 5.79. The second-order valence-corrected chi connectivity index (χ2v) is 8.43. The summed E-state index contributed by atoms with van der Waals surface area (Å²) < 4.78 is 5.87. The van der Waals surface area contributed by atoms with E-state index in [1.165, 1.54) is 22.3 Å². The van der Waals surface area contributed by atoms with E-state index in [1.54, 1.807) is 0 Å². The molecule has 2 fully saturated rings. The number of piperidine rings is 1. The minimum Gasteiger partial charge on any atom is -0.448 e. The van der Waals surface area contributed by atoms with Gasteiger partial charge in [-0.25, -0.2) is 4.79 Å². The van der Waals surface area contributed by atoms with Gasteiger partial charge in [-0.15, -0.1) is 0 Å². The molecular formula is C24H27NO3. The first-order valence-electron chi connectivity index (χ1n) is 10.5. The Labute approximate surface area is 166 Å². The molecule has 1 N–H and O–H groups in total. The van der Waals surface area contributed by atoms with Crippen LogP contribution < -0.4 is 0 Å². The minimum absolute atomic E-state index is 0.0916. The first kappa shape index (κ1) is 17.7. The highest BCUT2D eigenvalue weighted by atomic mass is 16.6. The smallest absolute Gasteiger partial charge is 0.410 e. The maximum Gasteiger partial charge on any atom is 0.410 e. The van der Waals surface area contributed by atoms with Crippen molar-refractivity contribution >= 4 is 6.09 Å². The molecule has 1 heterocycles. The van der Waals surface area contributed by atoms with E-state index in [1.807, 2.05) is 4.90 Å². The summed E-state index contributed by atoms with van der Waals surface area (Å²) in [6.45, 7) is 1.11. The molecule has 0 unspecified atom stereocenters.